The monoisotopic (exact) mass is 329 g/mol. The highest BCUT2D eigenvalue weighted by Gasteiger charge is 2.20. The van der Waals surface area contributed by atoms with E-state index < -0.39 is 17.2 Å². The van der Waals surface area contributed by atoms with Crippen LogP contribution in [0.4, 0.5) is 8.78 Å². The van der Waals surface area contributed by atoms with E-state index in [1.54, 1.807) is 13.2 Å². The second-order valence-corrected chi connectivity index (χ2v) is 6.42. The number of halogens is 2. The normalized spacial score (nSPS) is 11.0. The number of hydrogen-bond acceptors (Lipinski definition) is 2. The third-order valence-corrected chi connectivity index (χ3v) is 4.10. The SMILES string of the molecule is COc1cc(C(C)C)c(-c2cc(F)c(C#N)c(F)c2)c(C(C)C)c1. The quantitative estimate of drug-likeness (QED) is 0.714. The molecule has 2 aromatic carbocycles. The average Bonchev–Trinajstić information content (AvgIpc) is 2.52. The van der Waals surface area contributed by atoms with Crippen LogP contribution in [0.25, 0.3) is 11.1 Å². The molecule has 2 nitrogen and oxygen atoms in total. The van der Waals surface area contributed by atoms with Crippen LogP contribution in [0.15, 0.2) is 24.3 Å². The maximum atomic E-state index is 14.1. The van der Waals surface area contributed by atoms with E-state index in [0.29, 0.717) is 5.56 Å². The summed E-state index contributed by atoms with van der Waals surface area (Å²) in [5.74, 6) is -0.662. The van der Waals surface area contributed by atoms with Crippen LogP contribution in [0, 0.1) is 23.0 Å². The zero-order chi connectivity index (χ0) is 18.0. The molecule has 0 fully saturated rings. The van der Waals surface area contributed by atoms with Gasteiger partial charge in [-0.2, -0.15) is 5.26 Å². The van der Waals surface area contributed by atoms with E-state index in [1.165, 1.54) is 12.1 Å². The minimum Gasteiger partial charge on any atom is -0.497 e. The lowest BCUT2D eigenvalue weighted by molar-refractivity contribution is 0.413. The smallest absolute Gasteiger partial charge is 0.144 e. The Labute approximate surface area is 141 Å². The van der Waals surface area contributed by atoms with Gasteiger partial charge in [0.1, 0.15) is 29.0 Å². The van der Waals surface area contributed by atoms with Crippen LogP contribution in [-0.2, 0) is 0 Å². The van der Waals surface area contributed by atoms with E-state index in [4.69, 9.17) is 10.00 Å². The topological polar surface area (TPSA) is 33.0 Å². The van der Waals surface area contributed by atoms with Crippen molar-refractivity contribution in [2.75, 3.05) is 7.11 Å². The number of nitriles is 1. The Morgan fingerprint density at radius 1 is 0.917 bits per heavy atom. The number of hydrogen-bond donors (Lipinski definition) is 0. The lowest BCUT2D eigenvalue weighted by Gasteiger charge is -2.22. The van der Waals surface area contributed by atoms with Crippen LogP contribution in [-0.4, -0.2) is 7.11 Å². The van der Waals surface area contributed by atoms with Crippen LogP contribution in [0.5, 0.6) is 5.75 Å². The standard InChI is InChI=1S/C20H21F2NO/c1-11(2)15-8-14(24-5)9-16(12(3)4)20(15)13-6-18(21)17(10-23)19(22)7-13/h6-9,11-12H,1-5H3. The third kappa shape index (κ3) is 3.26. The van der Waals surface area contributed by atoms with Crippen LogP contribution in [0.2, 0.25) is 0 Å². The van der Waals surface area contributed by atoms with Crippen molar-refractivity contribution < 1.29 is 13.5 Å². The molecule has 0 saturated heterocycles. The van der Waals surface area contributed by atoms with Crippen LogP contribution >= 0.6 is 0 Å². The Bertz CT molecular complexity index is 752. The highest BCUT2D eigenvalue weighted by Crippen LogP contribution is 2.40. The summed E-state index contributed by atoms with van der Waals surface area (Å²) in [6.07, 6.45) is 0. The number of ether oxygens (including phenoxy) is 1. The van der Waals surface area contributed by atoms with Crippen molar-refractivity contribution in [3.8, 4) is 22.9 Å². The summed E-state index contributed by atoms with van der Waals surface area (Å²) in [6.45, 7) is 8.11. The van der Waals surface area contributed by atoms with Gasteiger partial charge >= 0.3 is 0 Å². The first-order valence-corrected chi connectivity index (χ1v) is 7.91. The van der Waals surface area contributed by atoms with E-state index in [9.17, 15) is 8.78 Å². The summed E-state index contributed by atoms with van der Waals surface area (Å²) in [5, 5.41) is 8.87. The number of rotatable bonds is 4. The first-order chi connectivity index (χ1) is 11.3. The van der Waals surface area contributed by atoms with Crippen LogP contribution < -0.4 is 4.74 Å². The summed E-state index contributed by atoms with van der Waals surface area (Å²) < 4.78 is 33.6. The predicted molar refractivity (Wildman–Crippen MR) is 91.2 cm³/mol. The maximum Gasteiger partial charge on any atom is 0.144 e. The predicted octanol–water partition coefficient (Wildman–Crippen LogP) is 5.76. The molecular formula is C20H21F2NO. The van der Waals surface area contributed by atoms with Crippen LogP contribution in [0.1, 0.15) is 56.2 Å². The number of nitrogens with zero attached hydrogens (tertiary/aromatic N) is 1. The van der Waals surface area contributed by atoms with Gasteiger partial charge in [0.15, 0.2) is 0 Å². The van der Waals surface area contributed by atoms with Crippen molar-refractivity contribution in [1.82, 2.24) is 0 Å². The first-order valence-electron chi connectivity index (χ1n) is 7.91. The zero-order valence-corrected chi connectivity index (χ0v) is 14.6. The molecule has 2 aromatic rings. The Hall–Kier alpha value is -2.41. The molecule has 24 heavy (non-hydrogen) atoms. The van der Waals surface area contributed by atoms with Gasteiger partial charge in [0, 0.05) is 0 Å². The number of benzene rings is 2. The molecule has 2 rings (SSSR count). The van der Waals surface area contributed by atoms with E-state index in [0.717, 1.165) is 22.4 Å². The van der Waals surface area contributed by atoms with Gasteiger partial charge in [-0.3, -0.25) is 0 Å². The van der Waals surface area contributed by atoms with Gasteiger partial charge in [-0.05, 0) is 58.4 Å². The Kier molecular flexibility index (Phi) is 5.23. The minimum atomic E-state index is -0.840. The molecule has 0 bridgehead atoms. The van der Waals surface area contributed by atoms with Gasteiger partial charge in [0.05, 0.1) is 7.11 Å². The molecule has 0 heterocycles. The molecule has 0 aliphatic carbocycles. The Balaban J connectivity index is 2.85. The molecule has 0 aromatic heterocycles. The fourth-order valence-electron chi connectivity index (χ4n) is 2.85. The van der Waals surface area contributed by atoms with Gasteiger partial charge < -0.3 is 4.74 Å². The van der Waals surface area contributed by atoms with Crippen molar-refractivity contribution in [3.05, 3.63) is 52.6 Å². The maximum absolute atomic E-state index is 14.1. The van der Waals surface area contributed by atoms with E-state index in [1.807, 2.05) is 39.8 Å². The zero-order valence-electron chi connectivity index (χ0n) is 14.6. The number of methoxy groups -OCH3 is 1. The third-order valence-electron chi connectivity index (χ3n) is 4.10. The molecule has 0 N–H and O–H groups in total. The molecule has 0 spiro atoms. The minimum absolute atomic E-state index is 0.148. The van der Waals surface area contributed by atoms with Crippen molar-refractivity contribution in [1.29, 1.82) is 5.26 Å². The highest BCUT2D eigenvalue weighted by atomic mass is 19.1. The van der Waals surface area contributed by atoms with E-state index in [2.05, 4.69) is 0 Å². The average molecular weight is 329 g/mol. The molecule has 0 atom stereocenters. The van der Waals surface area contributed by atoms with Gasteiger partial charge in [-0.15, -0.1) is 0 Å². The Morgan fingerprint density at radius 2 is 1.38 bits per heavy atom. The molecule has 0 aliphatic heterocycles. The van der Waals surface area contributed by atoms with Crippen molar-refractivity contribution in [2.24, 2.45) is 0 Å². The fourth-order valence-corrected chi connectivity index (χ4v) is 2.85. The van der Waals surface area contributed by atoms with Gasteiger partial charge in [0.2, 0.25) is 0 Å². The fraction of sp³-hybridized carbons (Fsp3) is 0.350. The van der Waals surface area contributed by atoms with Crippen molar-refractivity contribution in [2.45, 2.75) is 39.5 Å². The molecule has 0 saturated carbocycles. The van der Waals surface area contributed by atoms with E-state index >= 15 is 0 Å². The highest BCUT2D eigenvalue weighted by molar-refractivity contribution is 5.74. The van der Waals surface area contributed by atoms with Crippen molar-refractivity contribution >= 4 is 0 Å². The molecular weight excluding hydrogens is 308 g/mol. The molecule has 4 heteroatoms. The molecule has 0 unspecified atom stereocenters. The molecule has 126 valence electrons. The first kappa shape index (κ1) is 17.9. The lowest BCUT2D eigenvalue weighted by Crippen LogP contribution is -2.03. The molecule has 0 radical (unpaired) electrons. The Morgan fingerprint density at radius 3 is 1.71 bits per heavy atom. The summed E-state index contributed by atoms with van der Waals surface area (Å²) in [6, 6.07) is 7.85. The lowest BCUT2D eigenvalue weighted by atomic mass is 9.84. The van der Waals surface area contributed by atoms with Crippen molar-refractivity contribution in [3.63, 3.8) is 0 Å². The summed E-state index contributed by atoms with van der Waals surface area (Å²) in [7, 11) is 1.60. The largest absolute Gasteiger partial charge is 0.497 e. The van der Waals surface area contributed by atoms with Gasteiger partial charge in [-0.25, -0.2) is 8.78 Å². The molecule has 0 amide bonds. The van der Waals surface area contributed by atoms with E-state index in [-0.39, 0.29) is 11.8 Å². The summed E-state index contributed by atoms with van der Waals surface area (Å²) in [5.41, 5.74) is 2.62. The summed E-state index contributed by atoms with van der Waals surface area (Å²) >= 11 is 0. The second kappa shape index (κ2) is 7.00. The van der Waals surface area contributed by atoms with Crippen LogP contribution in [0.3, 0.4) is 0 Å². The van der Waals surface area contributed by atoms with Gasteiger partial charge in [0.25, 0.3) is 0 Å². The summed E-state index contributed by atoms with van der Waals surface area (Å²) in [4.78, 5) is 0. The molecule has 0 aliphatic rings. The second-order valence-electron chi connectivity index (χ2n) is 6.42. The van der Waals surface area contributed by atoms with Gasteiger partial charge in [-0.1, -0.05) is 27.7 Å².